The highest BCUT2D eigenvalue weighted by atomic mass is 19.4. The van der Waals surface area contributed by atoms with Crippen LogP contribution in [-0.2, 0) is 17.4 Å². The molecule has 0 saturated carbocycles. The van der Waals surface area contributed by atoms with Gasteiger partial charge in [-0.15, -0.1) is 0 Å². The lowest BCUT2D eigenvalue weighted by Gasteiger charge is -2.09. The molecule has 82 valence electrons. The van der Waals surface area contributed by atoms with E-state index in [1.807, 2.05) is 0 Å². The molecule has 0 aliphatic heterocycles. The third kappa shape index (κ3) is 3.27. The number of benzene rings is 1. The number of Topliss-reactive ketones (excluding diaryl/α,β-unsaturated/α-hetero) is 1. The SMILES string of the molecule is CC(=O)Cc1cc(N)cc(C(F)(F)F)c1. The summed E-state index contributed by atoms with van der Waals surface area (Å²) in [7, 11) is 0. The minimum Gasteiger partial charge on any atom is -0.399 e. The van der Waals surface area contributed by atoms with Crippen LogP contribution in [0.4, 0.5) is 18.9 Å². The molecule has 1 rings (SSSR count). The predicted octanol–water partition coefficient (Wildman–Crippen LogP) is 2.42. The van der Waals surface area contributed by atoms with Crippen LogP contribution in [-0.4, -0.2) is 5.78 Å². The van der Waals surface area contributed by atoms with E-state index in [1.165, 1.54) is 13.0 Å². The highest BCUT2D eigenvalue weighted by molar-refractivity contribution is 5.78. The molecule has 0 atom stereocenters. The smallest absolute Gasteiger partial charge is 0.399 e. The second-order valence-corrected chi connectivity index (χ2v) is 3.34. The van der Waals surface area contributed by atoms with Crippen molar-refractivity contribution in [2.24, 2.45) is 0 Å². The fourth-order valence-electron chi connectivity index (χ4n) is 1.27. The summed E-state index contributed by atoms with van der Waals surface area (Å²) < 4.78 is 37.0. The summed E-state index contributed by atoms with van der Waals surface area (Å²) in [6.07, 6.45) is -4.46. The zero-order chi connectivity index (χ0) is 11.6. The molecule has 1 aromatic carbocycles. The van der Waals surface area contributed by atoms with E-state index in [0.717, 1.165) is 12.1 Å². The summed E-state index contributed by atoms with van der Waals surface area (Å²) in [5.41, 5.74) is 4.80. The first-order chi connectivity index (χ1) is 6.79. The highest BCUT2D eigenvalue weighted by Crippen LogP contribution is 2.31. The number of alkyl halides is 3. The number of anilines is 1. The molecule has 0 aromatic heterocycles. The molecule has 0 bridgehead atoms. The molecule has 15 heavy (non-hydrogen) atoms. The quantitative estimate of drug-likeness (QED) is 0.773. The summed E-state index contributed by atoms with van der Waals surface area (Å²) in [5, 5.41) is 0. The van der Waals surface area contributed by atoms with Gasteiger partial charge in [0.05, 0.1) is 5.56 Å². The van der Waals surface area contributed by atoms with Gasteiger partial charge in [0.15, 0.2) is 0 Å². The van der Waals surface area contributed by atoms with Gasteiger partial charge in [0.1, 0.15) is 5.78 Å². The number of hydrogen-bond donors (Lipinski definition) is 1. The average Bonchev–Trinajstić information content (AvgIpc) is 1.99. The van der Waals surface area contributed by atoms with Gasteiger partial charge >= 0.3 is 6.18 Å². The van der Waals surface area contributed by atoms with Crippen LogP contribution in [0.25, 0.3) is 0 Å². The number of ketones is 1. The van der Waals surface area contributed by atoms with Crippen LogP contribution in [0.15, 0.2) is 18.2 Å². The van der Waals surface area contributed by atoms with Crippen molar-refractivity contribution in [3.05, 3.63) is 29.3 Å². The van der Waals surface area contributed by atoms with Gasteiger partial charge in [0, 0.05) is 12.1 Å². The van der Waals surface area contributed by atoms with Crippen LogP contribution in [0.3, 0.4) is 0 Å². The Bertz CT molecular complexity index is 385. The van der Waals surface area contributed by atoms with Crippen LogP contribution in [0.1, 0.15) is 18.1 Å². The number of carbonyl (C=O) groups excluding carboxylic acids is 1. The van der Waals surface area contributed by atoms with Crippen LogP contribution in [0, 0.1) is 0 Å². The molecule has 0 amide bonds. The zero-order valence-electron chi connectivity index (χ0n) is 8.06. The Hall–Kier alpha value is -1.52. The van der Waals surface area contributed by atoms with E-state index >= 15 is 0 Å². The van der Waals surface area contributed by atoms with Crippen LogP contribution < -0.4 is 5.73 Å². The molecule has 2 N–H and O–H groups in total. The van der Waals surface area contributed by atoms with E-state index in [4.69, 9.17) is 5.73 Å². The summed E-state index contributed by atoms with van der Waals surface area (Å²) in [5.74, 6) is -0.200. The van der Waals surface area contributed by atoms with E-state index in [2.05, 4.69) is 0 Å². The number of halogens is 3. The van der Waals surface area contributed by atoms with E-state index in [0.29, 0.717) is 0 Å². The van der Waals surface area contributed by atoms with E-state index < -0.39 is 11.7 Å². The van der Waals surface area contributed by atoms with Gasteiger partial charge in [0.2, 0.25) is 0 Å². The van der Waals surface area contributed by atoms with Gasteiger partial charge in [-0.25, -0.2) is 0 Å². The van der Waals surface area contributed by atoms with Crippen LogP contribution >= 0.6 is 0 Å². The molecule has 0 heterocycles. The first-order valence-corrected chi connectivity index (χ1v) is 4.25. The average molecular weight is 217 g/mol. The van der Waals surface area contributed by atoms with Crippen molar-refractivity contribution in [2.45, 2.75) is 19.5 Å². The number of rotatable bonds is 2. The Morgan fingerprint density at radius 2 is 1.93 bits per heavy atom. The predicted molar refractivity (Wildman–Crippen MR) is 50.2 cm³/mol. The largest absolute Gasteiger partial charge is 0.416 e. The van der Waals surface area contributed by atoms with E-state index in [-0.39, 0.29) is 23.5 Å². The van der Waals surface area contributed by atoms with Crippen LogP contribution in [0.2, 0.25) is 0 Å². The molecule has 0 spiro atoms. The third-order valence-corrected chi connectivity index (χ3v) is 1.80. The monoisotopic (exact) mass is 217 g/mol. The van der Waals surface area contributed by atoms with Crippen molar-refractivity contribution in [2.75, 3.05) is 5.73 Å². The fraction of sp³-hybridized carbons (Fsp3) is 0.300. The molecule has 0 radical (unpaired) electrons. The topological polar surface area (TPSA) is 43.1 Å². The molecule has 0 saturated heterocycles. The molecule has 2 nitrogen and oxygen atoms in total. The standard InChI is InChI=1S/C10H10F3NO/c1-6(15)2-7-3-8(10(11,12)13)5-9(14)4-7/h3-5H,2,14H2,1H3. The van der Waals surface area contributed by atoms with Crippen molar-refractivity contribution >= 4 is 11.5 Å². The Morgan fingerprint density at radius 3 is 2.40 bits per heavy atom. The minimum atomic E-state index is -4.43. The normalized spacial score (nSPS) is 11.5. The van der Waals surface area contributed by atoms with Gasteiger partial charge < -0.3 is 5.73 Å². The van der Waals surface area contributed by atoms with Gasteiger partial charge in [-0.1, -0.05) is 0 Å². The third-order valence-electron chi connectivity index (χ3n) is 1.80. The lowest BCUT2D eigenvalue weighted by molar-refractivity contribution is -0.137. The minimum absolute atomic E-state index is 0.0149. The van der Waals surface area contributed by atoms with Crippen molar-refractivity contribution in [1.29, 1.82) is 0 Å². The molecular weight excluding hydrogens is 207 g/mol. The fourth-order valence-corrected chi connectivity index (χ4v) is 1.27. The Balaban J connectivity index is 3.11. The molecule has 0 unspecified atom stereocenters. The lowest BCUT2D eigenvalue weighted by atomic mass is 10.0. The highest BCUT2D eigenvalue weighted by Gasteiger charge is 2.31. The maximum absolute atomic E-state index is 12.3. The van der Waals surface area contributed by atoms with Gasteiger partial charge in [0.25, 0.3) is 0 Å². The van der Waals surface area contributed by atoms with Crippen molar-refractivity contribution in [3.8, 4) is 0 Å². The Morgan fingerprint density at radius 1 is 1.33 bits per heavy atom. The number of hydrogen-bond acceptors (Lipinski definition) is 2. The molecule has 0 aliphatic carbocycles. The van der Waals surface area contributed by atoms with E-state index in [9.17, 15) is 18.0 Å². The molecule has 0 fully saturated rings. The first kappa shape index (κ1) is 11.6. The number of nitrogen functional groups attached to an aromatic ring is 1. The Labute approximate surface area is 84.9 Å². The maximum Gasteiger partial charge on any atom is 0.416 e. The number of carbonyl (C=O) groups is 1. The summed E-state index contributed by atoms with van der Waals surface area (Å²) in [4.78, 5) is 10.8. The van der Waals surface area contributed by atoms with Crippen LogP contribution in [0.5, 0.6) is 0 Å². The first-order valence-electron chi connectivity index (χ1n) is 4.25. The summed E-state index contributed by atoms with van der Waals surface area (Å²) in [6.45, 7) is 1.32. The Kier molecular flexibility index (Phi) is 3.02. The maximum atomic E-state index is 12.3. The summed E-state index contributed by atoms with van der Waals surface area (Å²) >= 11 is 0. The van der Waals surface area contributed by atoms with Crippen molar-refractivity contribution < 1.29 is 18.0 Å². The molecule has 5 heteroatoms. The zero-order valence-corrected chi connectivity index (χ0v) is 8.06. The number of nitrogens with two attached hydrogens (primary N) is 1. The molecule has 1 aromatic rings. The molecule has 0 aliphatic rings. The van der Waals surface area contributed by atoms with Crippen molar-refractivity contribution in [1.82, 2.24) is 0 Å². The van der Waals surface area contributed by atoms with Gasteiger partial charge in [-0.05, 0) is 30.7 Å². The summed E-state index contributed by atoms with van der Waals surface area (Å²) in [6, 6.07) is 3.16. The molecular formula is C10H10F3NO. The van der Waals surface area contributed by atoms with Gasteiger partial charge in [-0.2, -0.15) is 13.2 Å². The second-order valence-electron chi connectivity index (χ2n) is 3.34. The van der Waals surface area contributed by atoms with E-state index in [1.54, 1.807) is 0 Å². The van der Waals surface area contributed by atoms with Crippen molar-refractivity contribution in [3.63, 3.8) is 0 Å². The second kappa shape index (κ2) is 3.92. The van der Waals surface area contributed by atoms with Gasteiger partial charge in [-0.3, -0.25) is 4.79 Å². The lowest BCUT2D eigenvalue weighted by Crippen LogP contribution is -2.08.